The molecule has 16 heavy (non-hydrogen) atoms. The van der Waals surface area contributed by atoms with E-state index >= 15 is 0 Å². The second kappa shape index (κ2) is 4.49. The Labute approximate surface area is 92.8 Å². The van der Waals surface area contributed by atoms with E-state index in [0.29, 0.717) is 30.7 Å². The summed E-state index contributed by atoms with van der Waals surface area (Å²) in [5.41, 5.74) is 1.82. The zero-order valence-electron chi connectivity index (χ0n) is 9.13. The van der Waals surface area contributed by atoms with Crippen molar-refractivity contribution in [3.63, 3.8) is 0 Å². The van der Waals surface area contributed by atoms with Crippen molar-refractivity contribution in [3.05, 3.63) is 33.2 Å². The van der Waals surface area contributed by atoms with Gasteiger partial charge in [-0.05, 0) is 25.5 Å². The summed E-state index contributed by atoms with van der Waals surface area (Å²) >= 11 is 0. The van der Waals surface area contributed by atoms with E-state index in [1.807, 2.05) is 0 Å². The number of hydrogen-bond acceptors (Lipinski definition) is 4. The zero-order valence-corrected chi connectivity index (χ0v) is 9.13. The van der Waals surface area contributed by atoms with Crippen molar-refractivity contribution in [2.45, 2.75) is 19.9 Å². The van der Waals surface area contributed by atoms with Gasteiger partial charge in [0.2, 0.25) is 0 Å². The molecule has 1 aromatic rings. The highest BCUT2D eigenvalue weighted by molar-refractivity contribution is 5.91. The fourth-order valence-corrected chi connectivity index (χ4v) is 1.90. The van der Waals surface area contributed by atoms with Crippen LogP contribution in [0.15, 0.2) is 11.0 Å². The predicted molar refractivity (Wildman–Crippen MR) is 58.4 cm³/mol. The Morgan fingerprint density at radius 3 is 3.06 bits per heavy atom. The first kappa shape index (κ1) is 10.9. The molecule has 0 fully saturated rings. The molecular weight excluding hydrogens is 208 g/mol. The first-order valence-corrected chi connectivity index (χ1v) is 5.35. The van der Waals surface area contributed by atoms with E-state index < -0.39 is 0 Å². The number of rotatable bonds is 2. The second-order valence-electron chi connectivity index (χ2n) is 3.64. The van der Waals surface area contributed by atoms with E-state index in [4.69, 9.17) is 4.74 Å². The third-order valence-electron chi connectivity index (χ3n) is 2.66. The van der Waals surface area contributed by atoms with Gasteiger partial charge in [-0.2, -0.15) is 0 Å². The number of carbonyl (C=O) groups excluding carboxylic acids is 1. The van der Waals surface area contributed by atoms with Gasteiger partial charge in [0.25, 0.3) is 5.56 Å². The highest BCUT2D eigenvalue weighted by Gasteiger charge is 2.20. The monoisotopic (exact) mass is 222 g/mol. The molecule has 5 heteroatoms. The van der Waals surface area contributed by atoms with E-state index in [1.54, 1.807) is 6.92 Å². The lowest BCUT2D eigenvalue weighted by Gasteiger charge is -2.18. The first-order chi connectivity index (χ1) is 7.74. The van der Waals surface area contributed by atoms with E-state index in [9.17, 15) is 9.59 Å². The molecule has 0 saturated heterocycles. The van der Waals surface area contributed by atoms with Crippen LogP contribution >= 0.6 is 0 Å². The maximum atomic E-state index is 11.7. The Morgan fingerprint density at radius 2 is 2.31 bits per heavy atom. The quantitative estimate of drug-likeness (QED) is 0.701. The average Bonchev–Trinajstić information content (AvgIpc) is 2.30. The third-order valence-corrected chi connectivity index (χ3v) is 2.66. The molecule has 0 aliphatic carbocycles. The van der Waals surface area contributed by atoms with Crippen molar-refractivity contribution in [1.29, 1.82) is 0 Å². The first-order valence-electron chi connectivity index (χ1n) is 5.35. The highest BCUT2D eigenvalue weighted by Crippen LogP contribution is 2.15. The van der Waals surface area contributed by atoms with Crippen molar-refractivity contribution >= 4 is 5.97 Å². The smallest absolute Gasteiger partial charge is 0.339 e. The van der Waals surface area contributed by atoms with Crippen LogP contribution in [0.3, 0.4) is 0 Å². The fourth-order valence-electron chi connectivity index (χ4n) is 1.90. The van der Waals surface area contributed by atoms with Gasteiger partial charge in [0.15, 0.2) is 0 Å². The molecule has 86 valence electrons. The number of aromatic amines is 1. The van der Waals surface area contributed by atoms with Gasteiger partial charge < -0.3 is 15.0 Å². The van der Waals surface area contributed by atoms with Gasteiger partial charge in [-0.3, -0.25) is 4.79 Å². The Morgan fingerprint density at radius 1 is 1.50 bits per heavy atom. The van der Waals surface area contributed by atoms with Crippen LogP contribution in [0.25, 0.3) is 0 Å². The maximum absolute atomic E-state index is 11.7. The minimum Gasteiger partial charge on any atom is -0.462 e. The van der Waals surface area contributed by atoms with Gasteiger partial charge in [-0.15, -0.1) is 0 Å². The average molecular weight is 222 g/mol. The molecule has 0 amide bonds. The number of pyridine rings is 1. The molecule has 0 saturated carbocycles. The van der Waals surface area contributed by atoms with Crippen molar-refractivity contribution in [2.75, 3.05) is 13.2 Å². The predicted octanol–water partition coefficient (Wildman–Crippen LogP) is 0.197. The number of esters is 1. The number of hydrogen-bond donors (Lipinski definition) is 2. The lowest BCUT2D eigenvalue weighted by atomic mass is 9.98. The maximum Gasteiger partial charge on any atom is 0.339 e. The summed E-state index contributed by atoms with van der Waals surface area (Å²) in [6.07, 6.45) is 2.14. The number of fused-ring (bicyclic) bond motifs is 1. The largest absolute Gasteiger partial charge is 0.462 e. The van der Waals surface area contributed by atoms with Crippen LogP contribution in [0.1, 0.15) is 28.4 Å². The Bertz CT molecular complexity index is 465. The number of nitrogens with one attached hydrogen (secondary N) is 2. The van der Waals surface area contributed by atoms with Gasteiger partial charge >= 0.3 is 5.97 Å². The number of H-pyrrole nitrogens is 1. The SMILES string of the molecule is CCOC(=O)c1c[nH]c(=O)c2c1CCNC2. The van der Waals surface area contributed by atoms with Crippen molar-refractivity contribution in [3.8, 4) is 0 Å². The molecule has 5 nitrogen and oxygen atoms in total. The lowest BCUT2D eigenvalue weighted by molar-refractivity contribution is 0.0524. The molecule has 1 aliphatic rings. The molecule has 2 heterocycles. The summed E-state index contributed by atoms with van der Waals surface area (Å²) in [6, 6.07) is 0. The topological polar surface area (TPSA) is 71.2 Å². The van der Waals surface area contributed by atoms with E-state index in [2.05, 4.69) is 10.3 Å². The fraction of sp³-hybridized carbons (Fsp3) is 0.455. The van der Waals surface area contributed by atoms with Crippen LogP contribution in [0.4, 0.5) is 0 Å². The number of carbonyl (C=O) groups is 1. The van der Waals surface area contributed by atoms with E-state index in [1.165, 1.54) is 6.20 Å². The summed E-state index contributed by atoms with van der Waals surface area (Å²) in [5.74, 6) is -0.364. The summed E-state index contributed by atoms with van der Waals surface area (Å²) in [7, 11) is 0. The van der Waals surface area contributed by atoms with Crippen LogP contribution in [0.5, 0.6) is 0 Å². The summed E-state index contributed by atoms with van der Waals surface area (Å²) < 4.78 is 4.95. The zero-order chi connectivity index (χ0) is 11.5. The normalized spacial score (nSPS) is 14.3. The Kier molecular flexibility index (Phi) is 3.05. The van der Waals surface area contributed by atoms with Crippen LogP contribution in [-0.4, -0.2) is 24.1 Å². The molecule has 0 radical (unpaired) electrons. The second-order valence-corrected chi connectivity index (χ2v) is 3.64. The minimum atomic E-state index is -0.364. The van der Waals surface area contributed by atoms with E-state index in [0.717, 1.165) is 12.1 Å². The Hall–Kier alpha value is -1.62. The van der Waals surface area contributed by atoms with Crippen molar-refractivity contribution in [2.24, 2.45) is 0 Å². The molecule has 0 spiro atoms. The number of aromatic nitrogens is 1. The summed E-state index contributed by atoms with van der Waals surface area (Å²) in [4.78, 5) is 25.8. The molecule has 2 rings (SSSR count). The minimum absolute atomic E-state index is 0.129. The van der Waals surface area contributed by atoms with Gasteiger partial charge in [0.05, 0.1) is 12.2 Å². The van der Waals surface area contributed by atoms with Crippen LogP contribution < -0.4 is 10.9 Å². The molecule has 0 bridgehead atoms. The van der Waals surface area contributed by atoms with Gasteiger partial charge in [0.1, 0.15) is 0 Å². The van der Waals surface area contributed by atoms with E-state index in [-0.39, 0.29) is 11.5 Å². The molecule has 1 aromatic heterocycles. The standard InChI is InChI=1S/C11H14N2O3/c1-2-16-11(15)9-6-13-10(14)8-5-12-4-3-7(8)9/h6,12H,2-5H2,1H3,(H,13,14). The molecule has 0 unspecified atom stereocenters. The lowest BCUT2D eigenvalue weighted by Crippen LogP contribution is -2.32. The Balaban J connectivity index is 2.47. The van der Waals surface area contributed by atoms with Crippen LogP contribution in [0.2, 0.25) is 0 Å². The summed E-state index contributed by atoms with van der Waals surface area (Å²) in [6.45, 7) is 3.39. The molecule has 0 atom stereocenters. The molecule has 1 aliphatic heterocycles. The molecule has 2 N–H and O–H groups in total. The van der Waals surface area contributed by atoms with Crippen molar-refractivity contribution < 1.29 is 9.53 Å². The van der Waals surface area contributed by atoms with Gasteiger partial charge in [-0.1, -0.05) is 0 Å². The van der Waals surface area contributed by atoms with Crippen molar-refractivity contribution in [1.82, 2.24) is 10.3 Å². The third kappa shape index (κ3) is 1.86. The van der Waals surface area contributed by atoms with Gasteiger partial charge in [0, 0.05) is 18.3 Å². The summed E-state index contributed by atoms with van der Waals surface area (Å²) in [5, 5.41) is 3.11. The van der Waals surface area contributed by atoms with Crippen LogP contribution in [0, 0.1) is 0 Å². The number of ether oxygens (including phenoxy) is 1. The van der Waals surface area contributed by atoms with Crippen LogP contribution in [-0.2, 0) is 17.7 Å². The highest BCUT2D eigenvalue weighted by atomic mass is 16.5. The molecule has 0 aromatic carbocycles. The van der Waals surface area contributed by atoms with Gasteiger partial charge in [-0.25, -0.2) is 4.79 Å². The molecular formula is C11H14N2O3.